The molecule has 0 aliphatic heterocycles. The topological polar surface area (TPSA) is 49.8 Å². The number of nitrogens with zero attached hydrogens (tertiary/aromatic N) is 1. The molecule has 0 heterocycles. The van der Waals surface area contributed by atoms with Crippen molar-refractivity contribution in [2.75, 3.05) is 25.6 Å². The number of benzene rings is 1. The van der Waals surface area contributed by atoms with Crippen molar-refractivity contribution in [2.24, 2.45) is 0 Å². The lowest BCUT2D eigenvalue weighted by atomic mass is 9.99. The fourth-order valence-electron chi connectivity index (χ4n) is 1.78. The zero-order valence-electron chi connectivity index (χ0n) is 11.7. The molecule has 0 fully saturated rings. The highest BCUT2D eigenvalue weighted by Gasteiger charge is 2.23. The second-order valence-corrected chi connectivity index (χ2v) is 4.54. The van der Waals surface area contributed by atoms with Gasteiger partial charge in [0.25, 0.3) is 0 Å². The van der Waals surface area contributed by atoms with Crippen molar-refractivity contribution < 1.29 is 14.6 Å². The molecule has 0 spiro atoms. The van der Waals surface area contributed by atoms with Gasteiger partial charge in [-0.15, -0.1) is 0 Å². The van der Waals surface area contributed by atoms with Gasteiger partial charge in [0.1, 0.15) is 0 Å². The smallest absolute Gasteiger partial charge is 0.339 e. The molecule has 1 N–H and O–H groups in total. The number of aryl methyl sites for hydroxylation is 2. The monoisotopic (exact) mass is 251 g/mol. The molecule has 1 unspecified atom stereocenters. The molecule has 18 heavy (non-hydrogen) atoms. The lowest BCUT2D eigenvalue weighted by molar-refractivity contribution is -0.153. The Balaban J connectivity index is 3.21. The normalized spacial score (nSPS) is 12.1. The highest BCUT2D eigenvalue weighted by Crippen LogP contribution is 2.29. The third kappa shape index (κ3) is 3.01. The first-order valence-corrected chi connectivity index (χ1v) is 6.01. The van der Waals surface area contributed by atoms with Crippen molar-refractivity contribution in [3.05, 3.63) is 28.8 Å². The Bertz CT molecular complexity index is 441. The molecule has 0 saturated carbocycles. The quantitative estimate of drug-likeness (QED) is 0.831. The molecule has 4 heteroatoms. The molecule has 0 aliphatic carbocycles. The van der Waals surface area contributed by atoms with Crippen LogP contribution < -0.4 is 4.90 Å². The van der Waals surface area contributed by atoms with Gasteiger partial charge in [-0.25, -0.2) is 4.79 Å². The van der Waals surface area contributed by atoms with Crippen molar-refractivity contribution >= 4 is 11.7 Å². The van der Waals surface area contributed by atoms with E-state index in [1.807, 2.05) is 45.0 Å². The molecular weight excluding hydrogens is 230 g/mol. The van der Waals surface area contributed by atoms with Crippen LogP contribution in [0.3, 0.4) is 0 Å². The number of hydrogen-bond acceptors (Lipinski definition) is 4. The van der Waals surface area contributed by atoms with Gasteiger partial charge in [-0.1, -0.05) is 6.07 Å². The van der Waals surface area contributed by atoms with E-state index in [0.29, 0.717) is 5.56 Å². The van der Waals surface area contributed by atoms with Crippen LogP contribution in [0.1, 0.15) is 29.7 Å². The number of carbonyl (C=O) groups is 1. The summed E-state index contributed by atoms with van der Waals surface area (Å²) in [4.78, 5) is 13.5. The summed E-state index contributed by atoms with van der Waals surface area (Å²) in [6.07, 6.45) is -1.23. The van der Waals surface area contributed by atoms with Gasteiger partial charge in [-0.05, 0) is 38.0 Å². The number of anilines is 1. The Morgan fingerprint density at radius 2 is 1.89 bits per heavy atom. The van der Waals surface area contributed by atoms with Gasteiger partial charge in [0, 0.05) is 25.3 Å². The van der Waals surface area contributed by atoms with E-state index in [1.165, 1.54) is 0 Å². The summed E-state index contributed by atoms with van der Waals surface area (Å²) >= 11 is 0. The van der Waals surface area contributed by atoms with Gasteiger partial charge in [0.2, 0.25) is 0 Å². The van der Waals surface area contributed by atoms with Crippen molar-refractivity contribution in [3.8, 4) is 0 Å². The average molecular weight is 251 g/mol. The van der Waals surface area contributed by atoms with Crippen molar-refractivity contribution in [1.82, 2.24) is 0 Å². The maximum Gasteiger partial charge on any atom is 0.339 e. The maximum absolute atomic E-state index is 11.6. The first kappa shape index (κ1) is 14.5. The minimum Gasteiger partial charge on any atom is -0.464 e. The number of rotatable bonds is 4. The summed E-state index contributed by atoms with van der Waals surface area (Å²) < 4.78 is 4.86. The minimum absolute atomic E-state index is 0.262. The van der Waals surface area contributed by atoms with Crippen LogP contribution in [-0.4, -0.2) is 31.8 Å². The van der Waals surface area contributed by atoms with Gasteiger partial charge < -0.3 is 14.7 Å². The molecule has 4 nitrogen and oxygen atoms in total. The molecule has 0 bridgehead atoms. The lowest BCUT2D eigenvalue weighted by Gasteiger charge is -2.22. The van der Waals surface area contributed by atoms with Crippen LogP contribution in [0, 0.1) is 13.8 Å². The van der Waals surface area contributed by atoms with Gasteiger partial charge >= 0.3 is 5.97 Å². The molecule has 0 saturated heterocycles. The third-order valence-electron chi connectivity index (χ3n) is 2.93. The van der Waals surface area contributed by atoms with Crippen molar-refractivity contribution in [1.29, 1.82) is 0 Å². The number of aliphatic hydroxyl groups excluding tert-OH is 1. The zero-order valence-corrected chi connectivity index (χ0v) is 11.7. The van der Waals surface area contributed by atoms with E-state index in [4.69, 9.17) is 4.74 Å². The largest absolute Gasteiger partial charge is 0.464 e. The summed E-state index contributed by atoms with van der Waals surface area (Å²) in [5.41, 5.74) is 3.58. The van der Waals surface area contributed by atoms with E-state index < -0.39 is 12.1 Å². The first-order chi connectivity index (χ1) is 8.38. The van der Waals surface area contributed by atoms with Gasteiger partial charge in [-0.3, -0.25) is 0 Å². The van der Waals surface area contributed by atoms with Crippen LogP contribution >= 0.6 is 0 Å². The van der Waals surface area contributed by atoms with Crippen LogP contribution in [0.5, 0.6) is 0 Å². The summed E-state index contributed by atoms with van der Waals surface area (Å²) in [5.74, 6) is -0.608. The Kier molecular flexibility index (Phi) is 4.73. The summed E-state index contributed by atoms with van der Waals surface area (Å²) in [6, 6.07) is 3.80. The van der Waals surface area contributed by atoms with E-state index in [9.17, 15) is 9.90 Å². The Labute approximate surface area is 108 Å². The standard InChI is InChI=1S/C14H21NO3/c1-6-18-14(17)13(16)11-7-9(2)10(3)8-12(11)15(4)5/h7-8,13,16H,6H2,1-5H3. The molecule has 1 atom stereocenters. The van der Waals surface area contributed by atoms with E-state index in [2.05, 4.69) is 0 Å². The zero-order chi connectivity index (χ0) is 13.9. The van der Waals surface area contributed by atoms with E-state index >= 15 is 0 Å². The highest BCUT2D eigenvalue weighted by molar-refractivity contribution is 5.79. The number of aliphatic hydroxyl groups is 1. The number of esters is 1. The van der Waals surface area contributed by atoms with E-state index in [1.54, 1.807) is 6.92 Å². The molecular formula is C14H21NO3. The van der Waals surface area contributed by atoms with Gasteiger partial charge in [0.15, 0.2) is 6.10 Å². The fraction of sp³-hybridized carbons (Fsp3) is 0.500. The molecule has 1 rings (SSSR count). The third-order valence-corrected chi connectivity index (χ3v) is 2.93. The summed E-state index contributed by atoms with van der Waals surface area (Å²) in [5, 5.41) is 10.1. The number of hydrogen-bond donors (Lipinski definition) is 1. The van der Waals surface area contributed by atoms with E-state index in [0.717, 1.165) is 16.8 Å². The van der Waals surface area contributed by atoms with Crippen molar-refractivity contribution in [2.45, 2.75) is 26.9 Å². The molecule has 0 aliphatic rings. The second kappa shape index (κ2) is 5.87. The molecule has 1 aromatic carbocycles. The van der Waals surface area contributed by atoms with Crippen LogP contribution in [-0.2, 0) is 9.53 Å². The Morgan fingerprint density at radius 3 is 2.39 bits per heavy atom. The van der Waals surface area contributed by atoms with Crippen LogP contribution in [0.4, 0.5) is 5.69 Å². The molecule has 1 aromatic rings. The van der Waals surface area contributed by atoms with Crippen LogP contribution in [0.25, 0.3) is 0 Å². The Hall–Kier alpha value is -1.55. The van der Waals surface area contributed by atoms with E-state index in [-0.39, 0.29) is 6.61 Å². The van der Waals surface area contributed by atoms with Crippen LogP contribution in [0.15, 0.2) is 12.1 Å². The maximum atomic E-state index is 11.6. The number of carbonyl (C=O) groups excluding carboxylic acids is 1. The SMILES string of the molecule is CCOC(=O)C(O)c1cc(C)c(C)cc1N(C)C. The number of ether oxygens (including phenoxy) is 1. The average Bonchev–Trinajstić information content (AvgIpc) is 2.31. The van der Waals surface area contributed by atoms with Crippen LogP contribution in [0.2, 0.25) is 0 Å². The Morgan fingerprint density at radius 1 is 1.33 bits per heavy atom. The van der Waals surface area contributed by atoms with Gasteiger partial charge in [0.05, 0.1) is 6.61 Å². The van der Waals surface area contributed by atoms with Crippen molar-refractivity contribution in [3.63, 3.8) is 0 Å². The predicted octanol–water partition coefficient (Wildman–Crippen LogP) is 1.97. The van der Waals surface area contributed by atoms with Gasteiger partial charge in [-0.2, -0.15) is 0 Å². The first-order valence-electron chi connectivity index (χ1n) is 6.01. The summed E-state index contributed by atoms with van der Waals surface area (Å²) in [6.45, 7) is 5.94. The summed E-state index contributed by atoms with van der Waals surface area (Å²) in [7, 11) is 3.76. The molecule has 0 amide bonds. The second-order valence-electron chi connectivity index (χ2n) is 4.54. The predicted molar refractivity (Wildman–Crippen MR) is 71.8 cm³/mol. The highest BCUT2D eigenvalue weighted by atomic mass is 16.5. The molecule has 0 radical (unpaired) electrons. The molecule has 0 aromatic heterocycles. The fourth-order valence-corrected chi connectivity index (χ4v) is 1.78. The lowest BCUT2D eigenvalue weighted by Crippen LogP contribution is -2.20. The minimum atomic E-state index is -1.23. The molecule has 100 valence electrons.